The van der Waals surface area contributed by atoms with Crippen LogP contribution in [0.2, 0.25) is 0 Å². The van der Waals surface area contributed by atoms with Crippen molar-refractivity contribution in [3.63, 3.8) is 0 Å². The third kappa shape index (κ3) is 2.33. The van der Waals surface area contributed by atoms with E-state index in [1.807, 2.05) is 4.93 Å². The second-order valence-corrected chi connectivity index (χ2v) is 4.37. The molecule has 1 nitrogen and oxygen atoms in total. The number of rotatable bonds is 1. The van der Waals surface area contributed by atoms with E-state index < -0.39 is 11.9 Å². The van der Waals surface area contributed by atoms with E-state index in [1.165, 1.54) is 12.3 Å². The number of halogens is 4. The summed E-state index contributed by atoms with van der Waals surface area (Å²) in [5, 5.41) is 0. The van der Waals surface area contributed by atoms with Crippen LogP contribution in [-0.4, -0.2) is 9.91 Å². The molecule has 68 valence electrons. The maximum atomic E-state index is 12.0. The number of hydrogen-bond acceptors (Lipinski definition) is 1. The Morgan fingerprint density at radius 1 is 1.33 bits per heavy atom. The normalized spacial score (nSPS) is 12.0. The zero-order valence-corrected chi connectivity index (χ0v) is 8.35. The van der Waals surface area contributed by atoms with Crippen LogP contribution in [-0.2, 0) is 6.18 Å². The van der Waals surface area contributed by atoms with Crippen LogP contribution >= 0.6 is 0 Å². The first-order valence-corrected chi connectivity index (χ1v) is 6.30. The van der Waals surface area contributed by atoms with E-state index in [9.17, 15) is 13.2 Å². The summed E-state index contributed by atoms with van der Waals surface area (Å²) in [5.41, 5.74) is -0.816. The van der Waals surface area contributed by atoms with E-state index in [4.69, 9.17) is 0 Å². The Morgan fingerprint density at radius 2 is 2.00 bits per heavy atom. The summed E-state index contributed by atoms with van der Waals surface area (Å²) < 4.78 is 36.8. The third-order valence-electron chi connectivity index (χ3n) is 1.24. The summed E-state index contributed by atoms with van der Waals surface area (Å²) in [5.74, 6) is 0. The Balaban J connectivity index is 2.93. The topological polar surface area (TPSA) is 12.9 Å². The van der Waals surface area contributed by atoms with Crippen LogP contribution in [0.3, 0.4) is 0 Å². The van der Waals surface area contributed by atoms with Crippen LogP contribution in [0, 0.1) is 3.57 Å². The fourth-order valence-electron chi connectivity index (χ4n) is 0.655. The van der Waals surface area contributed by atoms with Gasteiger partial charge in [0.25, 0.3) is 0 Å². The number of alkyl halides is 4. The first-order chi connectivity index (χ1) is 5.54. The monoisotopic (exact) mass is 288 g/mol. The third-order valence-corrected chi connectivity index (χ3v) is 3.12. The molecule has 0 N–H and O–H groups in total. The van der Waals surface area contributed by atoms with Gasteiger partial charge in [-0.25, -0.2) is 0 Å². The van der Waals surface area contributed by atoms with Gasteiger partial charge in [-0.3, -0.25) is 0 Å². The van der Waals surface area contributed by atoms with Crippen molar-refractivity contribution >= 4 is 0 Å². The molecule has 0 saturated heterocycles. The van der Waals surface area contributed by atoms with Gasteiger partial charge in [-0.15, -0.1) is 0 Å². The summed E-state index contributed by atoms with van der Waals surface area (Å²) in [7, 11) is 0. The predicted molar refractivity (Wildman–Crippen MR) is 33.9 cm³/mol. The molecule has 0 aliphatic heterocycles. The molecule has 0 aromatic carbocycles. The van der Waals surface area contributed by atoms with Crippen LogP contribution < -0.4 is 21.2 Å². The molecule has 0 spiro atoms. The van der Waals surface area contributed by atoms with Crippen LogP contribution in [0.4, 0.5) is 13.2 Å². The Morgan fingerprint density at radius 3 is 2.33 bits per heavy atom. The Kier molecular flexibility index (Phi) is 2.92. The molecule has 0 fully saturated rings. The van der Waals surface area contributed by atoms with E-state index in [-0.39, 0.29) is 21.2 Å². The molecule has 5 heteroatoms. The summed E-state index contributed by atoms with van der Waals surface area (Å²) >= 11 is -0.170. The van der Waals surface area contributed by atoms with Crippen molar-refractivity contribution < 1.29 is 34.4 Å². The standard InChI is InChI=1S/C7H6F3IN/c1-11-5-2-3-6(12-4-5)7(8,9)10/h2-4H,1H3/q-1. The summed E-state index contributed by atoms with van der Waals surface area (Å²) in [4.78, 5) is 5.30. The number of hydrogen-bond donors (Lipinski definition) is 0. The summed E-state index contributed by atoms with van der Waals surface area (Å²) in [6.45, 7) is 0. The molecule has 0 unspecified atom stereocenters. The molecule has 0 amide bonds. The van der Waals surface area contributed by atoms with Gasteiger partial charge in [0.15, 0.2) is 0 Å². The van der Waals surface area contributed by atoms with Crippen molar-refractivity contribution in [1.29, 1.82) is 0 Å². The molecular formula is C7H6F3IN-. The molecule has 0 saturated carbocycles. The molecule has 0 bridgehead atoms. The minimum absolute atomic E-state index is 0.170. The molecular weight excluding hydrogens is 282 g/mol. The van der Waals surface area contributed by atoms with Crippen LogP contribution in [0.25, 0.3) is 0 Å². The Hall–Kier alpha value is -0.330. The SMILES string of the molecule is C[I-]c1ccc(C(F)(F)F)nc1. The van der Waals surface area contributed by atoms with Gasteiger partial charge in [0.1, 0.15) is 0 Å². The predicted octanol–water partition coefficient (Wildman–Crippen LogP) is -1.01. The Bertz CT molecular complexity index is 254. The van der Waals surface area contributed by atoms with E-state index in [1.54, 1.807) is 0 Å². The van der Waals surface area contributed by atoms with Crippen molar-refractivity contribution in [2.24, 2.45) is 0 Å². The molecule has 1 heterocycles. The summed E-state index contributed by atoms with van der Waals surface area (Å²) in [6.07, 6.45) is -3.01. The molecule has 1 aromatic rings. The zero-order valence-electron chi connectivity index (χ0n) is 6.19. The van der Waals surface area contributed by atoms with Gasteiger partial charge >= 0.3 is 78.1 Å². The van der Waals surface area contributed by atoms with Crippen LogP contribution in [0.5, 0.6) is 0 Å². The van der Waals surface area contributed by atoms with Gasteiger partial charge in [0.2, 0.25) is 0 Å². The van der Waals surface area contributed by atoms with Gasteiger partial charge in [-0.05, 0) is 0 Å². The van der Waals surface area contributed by atoms with Gasteiger partial charge in [-0.2, -0.15) is 0 Å². The average Bonchev–Trinajstić information content (AvgIpc) is 2.03. The first kappa shape index (κ1) is 9.76. The van der Waals surface area contributed by atoms with Crippen LogP contribution in [0.1, 0.15) is 5.69 Å². The molecule has 1 aromatic heterocycles. The number of aromatic nitrogens is 1. The second kappa shape index (κ2) is 3.59. The van der Waals surface area contributed by atoms with Crippen molar-refractivity contribution in [1.82, 2.24) is 4.98 Å². The maximum absolute atomic E-state index is 12.0. The molecule has 0 radical (unpaired) electrons. The summed E-state index contributed by atoms with van der Waals surface area (Å²) in [6, 6.07) is 2.52. The van der Waals surface area contributed by atoms with Gasteiger partial charge in [0, 0.05) is 0 Å². The number of pyridine rings is 1. The van der Waals surface area contributed by atoms with Crippen molar-refractivity contribution in [3.8, 4) is 0 Å². The fraction of sp³-hybridized carbons (Fsp3) is 0.286. The van der Waals surface area contributed by atoms with E-state index in [0.29, 0.717) is 0 Å². The molecule has 0 aliphatic rings. The van der Waals surface area contributed by atoms with Crippen molar-refractivity contribution in [3.05, 3.63) is 27.6 Å². The molecule has 0 atom stereocenters. The molecule has 1 rings (SSSR count). The quantitative estimate of drug-likeness (QED) is 0.477. The van der Waals surface area contributed by atoms with Crippen LogP contribution in [0.15, 0.2) is 18.3 Å². The number of nitrogens with zero attached hydrogens (tertiary/aromatic N) is 1. The molecule has 12 heavy (non-hydrogen) atoms. The van der Waals surface area contributed by atoms with Gasteiger partial charge in [0.05, 0.1) is 0 Å². The average molecular weight is 288 g/mol. The molecule has 0 aliphatic carbocycles. The van der Waals surface area contributed by atoms with E-state index in [0.717, 1.165) is 9.64 Å². The fourth-order valence-corrected chi connectivity index (χ4v) is 1.61. The van der Waals surface area contributed by atoms with E-state index in [2.05, 4.69) is 4.98 Å². The Labute approximate surface area is 78.3 Å². The first-order valence-electron chi connectivity index (χ1n) is 3.07. The van der Waals surface area contributed by atoms with Crippen molar-refractivity contribution in [2.45, 2.75) is 6.18 Å². The minimum atomic E-state index is -4.31. The zero-order chi connectivity index (χ0) is 9.19. The van der Waals surface area contributed by atoms with Gasteiger partial charge < -0.3 is 0 Å². The van der Waals surface area contributed by atoms with E-state index >= 15 is 0 Å². The second-order valence-electron chi connectivity index (χ2n) is 2.05. The van der Waals surface area contributed by atoms with Crippen molar-refractivity contribution in [2.75, 3.05) is 4.93 Å². The van der Waals surface area contributed by atoms with Gasteiger partial charge in [-0.1, -0.05) is 0 Å².